The average Bonchev–Trinajstić information content (AvgIpc) is 3.45. The molecule has 0 aliphatic rings. The molecule has 0 aliphatic carbocycles. The van der Waals surface area contributed by atoms with Gasteiger partial charge in [-0.3, -0.25) is 0 Å². The first-order chi connectivity index (χ1) is 36.7. The third-order valence-electron chi connectivity index (χ3n) is 12.2. The number of fused-ring (bicyclic) bond motifs is 1. The van der Waals surface area contributed by atoms with Gasteiger partial charge in [0.25, 0.3) is 0 Å². The molecule has 0 radical (unpaired) electrons. The normalized spacial score (nSPS) is 14.2. The first kappa shape index (κ1) is 55.7. The fourth-order valence-corrected chi connectivity index (χ4v) is 8.21. The van der Waals surface area contributed by atoms with E-state index in [2.05, 4.69) is 0 Å². The summed E-state index contributed by atoms with van der Waals surface area (Å²) in [6, 6.07) is 58.9. The molecule has 7 aromatic rings. The lowest BCUT2D eigenvalue weighted by Gasteiger charge is -2.39. The molecule has 0 bridgehead atoms. The second-order valence-electron chi connectivity index (χ2n) is 18.0. The van der Waals surface area contributed by atoms with Gasteiger partial charge in [0, 0.05) is 12.5 Å². The molecule has 13 nitrogen and oxygen atoms in total. The molecule has 0 amide bonds. The summed E-state index contributed by atoms with van der Waals surface area (Å²) in [4.78, 5) is 28.5. The Morgan fingerprint density at radius 1 is 0.520 bits per heavy atom. The molecule has 6 atom stereocenters. The summed E-state index contributed by atoms with van der Waals surface area (Å²) in [5.41, 5.74) is 9.48. The molecule has 0 heterocycles. The van der Waals surface area contributed by atoms with E-state index in [0.29, 0.717) is 19.4 Å². The third kappa shape index (κ3) is 17.8. The summed E-state index contributed by atoms with van der Waals surface area (Å²) in [6.45, 7) is 2.56. The van der Waals surface area contributed by atoms with Crippen LogP contribution in [0.5, 0.6) is 0 Å². The average molecular weight is 1020 g/mol. The van der Waals surface area contributed by atoms with E-state index < -0.39 is 54.5 Å². The number of benzene rings is 7. The largest absolute Gasteiger partial charge is 0.487 e. The van der Waals surface area contributed by atoms with Gasteiger partial charge in [0.15, 0.2) is 18.2 Å². The summed E-state index contributed by atoms with van der Waals surface area (Å²) in [5, 5.41) is 27.1. The summed E-state index contributed by atoms with van der Waals surface area (Å²) < 4.78 is 51.2. The van der Waals surface area contributed by atoms with Crippen LogP contribution in [0.4, 0.5) is 0 Å². The van der Waals surface area contributed by atoms with Crippen molar-refractivity contribution in [3.05, 3.63) is 239 Å². The fraction of sp³-hybridized carbons (Fsp3) is 0.290. The summed E-state index contributed by atoms with van der Waals surface area (Å²) in [7, 11) is 0. The van der Waals surface area contributed by atoms with Crippen LogP contribution in [-0.4, -0.2) is 79.4 Å². The summed E-state index contributed by atoms with van der Waals surface area (Å²) in [6.07, 6.45) is -6.45. The fourth-order valence-electron chi connectivity index (χ4n) is 8.21. The highest BCUT2D eigenvalue weighted by Gasteiger charge is 2.44. The van der Waals surface area contributed by atoms with Crippen molar-refractivity contribution in [3.63, 3.8) is 0 Å². The van der Waals surface area contributed by atoms with Crippen molar-refractivity contribution in [2.75, 3.05) is 26.4 Å². The minimum Gasteiger partial charge on any atom is -0.487 e. The Labute approximate surface area is 439 Å². The topological polar surface area (TPSA) is 174 Å². The lowest BCUT2D eigenvalue weighted by atomic mass is 9.95. The van der Waals surface area contributed by atoms with Gasteiger partial charge in [-0.1, -0.05) is 171 Å². The van der Waals surface area contributed by atoms with Crippen LogP contribution < -0.4 is 5.73 Å². The molecule has 0 spiro atoms. The van der Waals surface area contributed by atoms with Crippen LogP contribution >= 0.6 is 0 Å². The van der Waals surface area contributed by atoms with E-state index in [1.54, 1.807) is 60.7 Å². The van der Waals surface area contributed by atoms with Crippen LogP contribution in [0.15, 0.2) is 206 Å². The van der Waals surface area contributed by atoms with Crippen LogP contribution in [0.1, 0.15) is 69.2 Å². The van der Waals surface area contributed by atoms with Crippen molar-refractivity contribution in [3.8, 4) is 0 Å². The number of hydrogen-bond acceptors (Lipinski definition) is 13. The molecule has 7 aromatic carbocycles. The molecule has 4 N–H and O–H groups in total. The van der Waals surface area contributed by atoms with E-state index in [0.717, 1.165) is 39.4 Å². The molecule has 0 saturated heterocycles. The standard InChI is InChI=1S/C62H67NO12/c1-45(39-68-40-46-22-8-2-9-23-46)55(72-42-48-26-12-4-13-27-48)57(58(61(66)70-37-21-7-20-36-63)75-60(65)52-31-16-6-17-32-52)74-62(67)56(73-59(64)51-29-14-5-15-30-51)54(44-69-41-47-24-10-3-11-25-47)71-43-49-34-35-50-28-18-19-33-53(50)38-49/h2-6,8-19,22-35,38,45,55,57-58,61-62,66-67H,7,20-21,36-37,39-44,63H2,1H3/b56-54+. The number of carbonyl (C=O) groups excluding carboxylic acids is 2. The molecular weight excluding hydrogens is 951 g/mol. The molecule has 0 saturated carbocycles. The predicted octanol–water partition coefficient (Wildman–Crippen LogP) is 10.5. The number of nitrogens with two attached hydrogens (primary N) is 1. The van der Waals surface area contributed by atoms with Crippen molar-refractivity contribution in [1.29, 1.82) is 0 Å². The molecule has 13 heteroatoms. The Hall–Kier alpha value is -7.04. The van der Waals surface area contributed by atoms with E-state index in [9.17, 15) is 19.8 Å². The van der Waals surface area contributed by atoms with Crippen LogP contribution in [0.2, 0.25) is 0 Å². The monoisotopic (exact) mass is 1020 g/mol. The molecule has 0 aliphatic heterocycles. The maximum Gasteiger partial charge on any atom is 0.343 e. The maximum absolute atomic E-state index is 14.2. The van der Waals surface area contributed by atoms with Crippen LogP contribution in [-0.2, 0) is 64.3 Å². The van der Waals surface area contributed by atoms with Gasteiger partial charge >= 0.3 is 11.9 Å². The number of carbonyl (C=O) groups is 2. The minimum absolute atomic E-state index is 0.0268. The number of rotatable bonds is 31. The van der Waals surface area contributed by atoms with E-state index >= 15 is 0 Å². The van der Waals surface area contributed by atoms with Gasteiger partial charge in [-0.2, -0.15) is 0 Å². The van der Waals surface area contributed by atoms with Crippen LogP contribution in [0.25, 0.3) is 10.8 Å². The Kier molecular flexibility index (Phi) is 22.5. The number of hydrogen-bond donors (Lipinski definition) is 3. The van der Waals surface area contributed by atoms with E-state index in [1.165, 1.54) is 0 Å². The minimum atomic E-state index is -2.18. The van der Waals surface area contributed by atoms with Crippen LogP contribution in [0.3, 0.4) is 0 Å². The summed E-state index contributed by atoms with van der Waals surface area (Å²) in [5.74, 6) is -2.79. The highest BCUT2D eigenvalue weighted by Crippen LogP contribution is 2.30. The van der Waals surface area contributed by atoms with E-state index in [1.807, 2.05) is 140 Å². The van der Waals surface area contributed by atoms with Gasteiger partial charge in [-0.25, -0.2) is 9.59 Å². The number of unbranched alkanes of at least 4 members (excludes halogenated alkanes) is 2. The highest BCUT2D eigenvalue weighted by atomic mass is 16.7. The van der Waals surface area contributed by atoms with Gasteiger partial charge < -0.3 is 53.8 Å². The maximum atomic E-state index is 14.2. The highest BCUT2D eigenvalue weighted by molar-refractivity contribution is 5.90. The van der Waals surface area contributed by atoms with Gasteiger partial charge in [0.1, 0.15) is 19.3 Å². The lowest BCUT2D eigenvalue weighted by molar-refractivity contribution is -0.256. The molecule has 392 valence electrons. The van der Waals surface area contributed by atoms with E-state index in [-0.39, 0.29) is 63.1 Å². The number of aliphatic hydroxyl groups is 2. The Morgan fingerprint density at radius 3 is 1.68 bits per heavy atom. The van der Waals surface area contributed by atoms with Crippen LogP contribution in [0, 0.1) is 5.92 Å². The first-order valence-electron chi connectivity index (χ1n) is 25.3. The van der Waals surface area contributed by atoms with Crippen molar-refractivity contribution in [2.45, 2.75) is 83.5 Å². The quantitative estimate of drug-likeness (QED) is 0.0162. The lowest BCUT2D eigenvalue weighted by Crippen LogP contribution is -2.54. The van der Waals surface area contributed by atoms with Crippen molar-refractivity contribution in [1.82, 2.24) is 0 Å². The smallest absolute Gasteiger partial charge is 0.343 e. The van der Waals surface area contributed by atoms with Crippen molar-refractivity contribution >= 4 is 22.7 Å². The third-order valence-corrected chi connectivity index (χ3v) is 12.2. The Bertz CT molecular complexity index is 2780. The molecule has 6 unspecified atom stereocenters. The molecule has 0 aromatic heterocycles. The number of esters is 2. The first-order valence-corrected chi connectivity index (χ1v) is 25.3. The van der Waals surface area contributed by atoms with Gasteiger partial charge in [-0.15, -0.1) is 0 Å². The zero-order valence-corrected chi connectivity index (χ0v) is 42.3. The van der Waals surface area contributed by atoms with Gasteiger partial charge in [-0.05, 0) is 89.2 Å². The second-order valence-corrected chi connectivity index (χ2v) is 18.0. The molecule has 75 heavy (non-hydrogen) atoms. The molecule has 7 rings (SSSR count). The van der Waals surface area contributed by atoms with Gasteiger partial charge in [0.05, 0.1) is 43.7 Å². The SMILES string of the molecule is CC(COCc1ccccc1)C(OCc1ccccc1)C(OC(O)/C(OC(=O)c1ccccc1)=C(/COCc1ccccc1)OCc1ccc2ccccc2c1)C(OC(=O)c1ccccc1)C(O)OCCCCCN. The molecule has 0 fully saturated rings. The van der Waals surface area contributed by atoms with Gasteiger partial charge in [0.2, 0.25) is 12.0 Å². The molecular formula is C62H67NO12. The van der Waals surface area contributed by atoms with E-state index in [4.69, 9.17) is 43.6 Å². The number of aliphatic hydroxyl groups excluding tert-OH is 2. The van der Waals surface area contributed by atoms with Crippen molar-refractivity contribution < 1.29 is 57.7 Å². The summed E-state index contributed by atoms with van der Waals surface area (Å²) >= 11 is 0. The second kappa shape index (κ2) is 30.4. The van der Waals surface area contributed by atoms with Crippen molar-refractivity contribution in [2.24, 2.45) is 11.7 Å². The Morgan fingerprint density at radius 2 is 1.07 bits per heavy atom. The predicted molar refractivity (Wildman–Crippen MR) is 285 cm³/mol. The number of ether oxygens (including phenoxy) is 8. The zero-order chi connectivity index (χ0) is 52.5. The zero-order valence-electron chi connectivity index (χ0n) is 42.3. The Balaban J connectivity index is 1.33.